The van der Waals surface area contributed by atoms with Crippen LogP contribution >= 0.6 is 0 Å². The van der Waals surface area contributed by atoms with Gasteiger partial charge in [-0.3, -0.25) is 9.59 Å². The van der Waals surface area contributed by atoms with E-state index in [1.54, 1.807) is 0 Å². The van der Waals surface area contributed by atoms with Gasteiger partial charge < -0.3 is 10.2 Å². The van der Waals surface area contributed by atoms with Crippen LogP contribution < -0.4 is 5.32 Å². The molecule has 0 aromatic heterocycles. The molecule has 0 saturated heterocycles. The van der Waals surface area contributed by atoms with E-state index in [0.717, 1.165) is 48.2 Å². The number of amides is 2. The molecule has 0 spiro atoms. The van der Waals surface area contributed by atoms with Crippen molar-refractivity contribution in [3.05, 3.63) is 64.2 Å². The molecule has 1 aliphatic heterocycles. The lowest BCUT2D eigenvalue weighted by Gasteiger charge is -2.29. The molecule has 134 valence electrons. The number of benzene rings is 2. The van der Waals surface area contributed by atoms with Crippen LogP contribution in [0.15, 0.2) is 36.4 Å². The van der Waals surface area contributed by atoms with E-state index in [0.29, 0.717) is 18.0 Å². The van der Waals surface area contributed by atoms with Crippen LogP contribution in [0.25, 0.3) is 0 Å². The molecule has 4 nitrogen and oxygen atoms in total. The number of rotatable bonds is 3. The van der Waals surface area contributed by atoms with E-state index in [-0.39, 0.29) is 11.8 Å². The molecule has 4 heteroatoms. The van der Waals surface area contributed by atoms with Gasteiger partial charge in [0.1, 0.15) is 0 Å². The van der Waals surface area contributed by atoms with Gasteiger partial charge in [-0.1, -0.05) is 23.3 Å². The van der Waals surface area contributed by atoms with E-state index in [1.165, 1.54) is 5.56 Å². The van der Waals surface area contributed by atoms with Crippen molar-refractivity contribution in [2.24, 2.45) is 5.92 Å². The van der Waals surface area contributed by atoms with Gasteiger partial charge in [0.2, 0.25) is 5.91 Å². The van der Waals surface area contributed by atoms with Gasteiger partial charge in [0.25, 0.3) is 5.91 Å². The highest BCUT2D eigenvalue weighted by Crippen LogP contribution is 2.33. The normalized spacial score (nSPS) is 16.2. The molecule has 1 fully saturated rings. The van der Waals surface area contributed by atoms with Crippen molar-refractivity contribution in [2.75, 3.05) is 11.9 Å². The van der Waals surface area contributed by atoms with E-state index in [1.807, 2.05) is 43.0 Å². The number of carbonyl (C=O) groups excluding carboxylic acids is 2. The van der Waals surface area contributed by atoms with Crippen LogP contribution in [0.5, 0.6) is 0 Å². The minimum absolute atomic E-state index is 0.0986. The Kier molecular flexibility index (Phi) is 4.27. The first-order valence-electron chi connectivity index (χ1n) is 9.30. The van der Waals surface area contributed by atoms with Crippen molar-refractivity contribution in [1.29, 1.82) is 0 Å². The van der Waals surface area contributed by atoms with E-state index >= 15 is 0 Å². The quantitative estimate of drug-likeness (QED) is 0.916. The fraction of sp³-hybridized carbons (Fsp3) is 0.364. The Morgan fingerprint density at radius 2 is 1.73 bits per heavy atom. The minimum atomic E-state index is -0.0986. The molecule has 2 aliphatic rings. The molecule has 4 rings (SSSR count). The van der Waals surface area contributed by atoms with Crippen LogP contribution in [-0.4, -0.2) is 23.3 Å². The van der Waals surface area contributed by atoms with Crippen LogP contribution in [0.4, 0.5) is 5.69 Å². The van der Waals surface area contributed by atoms with Crippen molar-refractivity contribution in [3.8, 4) is 0 Å². The van der Waals surface area contributed by atoms with Gasteiger partial charge in [-0.2, -0.15) is 0 Å². The number of nitrogens with one attached hydrogen (secondary N) is 1. The summed E-state index contributed by atoms with van der Waals surface area (Å²) >= 11 is 0. The molecule has 2 aromatic carbocycles. The maximum absolute atomic E-state index is 12.6. The second-order valence-corrected chi connectivity index (χ2v) is 7.60. The Morgan fingerprint density at radius 3 is 2.42 bits per heavy atom. The number of hydrogen-bond acceptors (Lipinski definition) is 2. The van der Waals surface area contributed by atoms with Crippen molar-refractivity contribution >= 4 is 17.5 Å². The largest absolute Gasteiger partial charge is 0.338 e. The lowest BCUT2D eigenvalue weighted by atomic mass is 9.98. The minimum Gasteiger partial charge on any atom is -0.338 e. The molecule has 2 amide bonds. The van der Waals surface area contributed by atoms with Crippen LogP contribution in [0.2, 0.25) is 0 Å². The maximum Gasteiger partial charge on any atom is 0.255 e. The predicted molar refractivity (Wildman–Crippen MR) is 102 cm³/mol. The van der Waals surface area contributed by atoms with Crippen molar-refractivity contribution in [1.82, 2.24) is 4.90 Å². The Labute approximate surface area is 154 Å². The van der Waals surface area contributed by atoms with Crippen molar-refractivity contribution in [2.45, 2.75) is 39.7 Å². The smallest absolute Gasteiger partial charge is 0.255 e. The summed E-state index contributed by atoms with van der Waals surface area (Å²) in [6.45, 7) is 5.44. The second-order valence-electron chi connectivity index (χ2n) is 7.60. The molecular formula is C22H24N2O2. The Hall–Kier alpha value is -2.62. The Bertz CT molecular complexity index is 863. The fourth-order valence-electron chi connectivity index (χ4n) is 3.72. The molecule has 0 atom stereocenters. The number of hydrogen-bond donors (Lipinski definition) is 1. The van der Waals surface area contributed by atoms with Crippen molar-refractivity contribution < 1.29 is 9.59 Å². The lowest BCUT2D eigenvalue weighted by molar-refractivity contribution is -0.133. The number of aryl methyl sites for hydroxylation is 2. The topological polar surface area (TPSA) is 49.4 Å². The Morgan fingerprint density at radius 1 is 1.00 bits per heavy atom. The SMILES string of the molecule is Cc1cc(C)cc(C(=O)Nc2ccc3c(c2)CN(C(=O)C2CC2)CC3)c1. The zero-order valence-electron chi connectivity index (χ0n) is 15.3. The summed E-state index contributed by atoms with van der Waals surface area (Å²) in [5.41, 5.74) is 6.03. The fourth-order valence-corrected chi connectivity index (χ4v) is 3.72. The van der Waals surface area contributed by atoms with Gasteiger partial charge in [-0.15, -0.1) is 0 Å². The summed E-state index contributed by atoms with van der Waals surface area (Å²) in [5.74, 6) is 0.447. The molecule has 0 unspecified atom stereocenters. The van der Waals surface area contributed by atoms with E-state index < -0.39 is 0 Å². The van der Waals surface area contributed by atoms with Gasteiger partial charge in [0, 0.05) is 30.3 Å². The third-order valence-electron chi connectivity index (χ3n) is 5.20. The first-order valence-corrected chi connectivity index (χ1v) is 9.30. The number of anilines is 1. The summed E-state index contributed by atoms with van der Waals surface area (Å²) in [6.07, 6.45) is 2.96. The zero-order valence-corrected chi connectivity index (χ0v) is 15.3. The molecular weight excluding hydrogens is 324 g/mol. The molecule has 2 aromatic rings. The van der Waals surface area contributed by atoms with Gasteiger partial charge in [0.15, 0.2) is 0 Å². The van der Waals surface area contributed by atoms with Gasteiger partial charge in [-0.25, -0.2) is 0 Å². The predicted octanol–water partition coefficient (Wildman–Crippen LogP) is 3.85. The molecule has 26 heavy (non-hydrogen) atoms. The highest BCUT2D eigenvalue weighted by molar-refractivity contribution is 6.04. The number of carbonyl (C=O) groups is 2. The van der Waals surface area contributed by atoms with Crippen molar-refractivity contribution in [3.63, 3.8) is 0 Å². The van der Waals surface area contributed by atoms with Crippen LogP contribution in [0.1, 0.15) is 45.5 Å². The molecule has 0 bridgehead atoms. The highest BCUT2D eigenvalue weighted by atomic mass is 16.2. The first-order chi connectivity index (χ1) is 12.5. The first kappa shape index (κ1) is 16.8. The average molecular weight is 348 g/mol. The standard InChI is InChI=1S/C22H24N2O2/c1-14-9-15(2)11-18(10-14)21(25)23-20-6-5-16-7-8-24(13-19(16)12-20)22(26)17-3-4-17/h5-6,9-12,17H,3-4,7-8,13H2,1-2H3,(H,23,25). The third kappa shape index (κ3) is 3.50. The summed E-state index contributed by atoms with van der Waals surface area (Å²) in [6, 6.07) is 11.9. The Balaban J connectivity index is 1.50. The van der Waals surface area contributed by atoms with E-state index in [9.17, 15) is 9.59 Å². The molecule has 1 aliphatic carbocycles. The molecule has 1 N–H and O–H groups in total. The summed E-state index contributed by atoms with van der Waals surface area (Å²) in [7, 11) is 0. The van der Waals surface area contributed by atoms with Crippen LogP contribution in [0, 0.1) is 19.8 Å². The third-order valence-corrected chi connectivity index (χ3v) is 5.20. The highest BCUT2D eigenvalue weighted by Gasteiger charge is 2.34. The van der Waals surface area contributed by atoms with Crippen LogP contribution in [0.3, 0.4) is 0 Å². The van der Waals surface area contributed by atoms with Crippen LogP contribution in [-0.2, 0) is 17.8 Å². The lowest BCUT2D eigenvalue weighted by Crippen LogP contribution is -2.36. The second kappa shape index (κ2) is 6.60. The summed E-state index contributed by atoms with van der Waals surface area (Å²) in [4.78, 5) is 26.9. The van der Waals surface area contributed by atoms with Gasteiger partial charge in [-0.05, 0) is 68.5 Å². The van der Waals surface area contributed by atoms with E-state index in [4.69, 9.17) is 0 Å². The van der Waals surface area contributed by atoms with Gasteiger partial charge in [0.05, 0.1) is 0 Å². The van der Waals surface area contributed by atoms with E-state index in [2.05, 4.69) is 17.4 Å². The number of fused-ring (bicyclic) bond motifs is 1. The monoisotopic (exact) mass is 348 g/mol. The summed E-state index contributed by atoms with van der Waals surface area (Å²) < 4.78 is 0. The number of nitrogens with zero attached hydrogens (tertiary/aromatic N) is 1. The van der Waals surface area contributed by atoms with Gasteiger partial charge >= 0.3 is 0 Å². The maximum atomic E-state index is 12.6. The summed E-state index contributed by atoms with van der Waals surface area (Å²) in [5, 5.41) is 3.00. The molecule has 1 heterocycles. The molecule has 1 saturated carbocycles. The zero-order chi connectivity index (χ0) is 18.3. The average Bonchev–Trinajstić information content (AvgIpc) is 3.44. The molecule has 0 radical (unpaired) electrons.